The van der Waals surface area contributed by atoms with Gasteiger partial charge in [0.2, 0.25) is 5.91 Å². The van der Waals surface area contributed by atoms with E-state index in [4.69, 9.17) is 4.74 Å². The predicted molar refractivity (Wildman–Crippen MR) is 80.3 cm³/mol. The van der Waals surface area contributed by atoms with Crippen LogP contribution < -0.4 is 0 Å². The van der Waals surface area contributed by atoms with E-state index in [2.05, 4.69) is 4.90 Å². The zero-order valence-electron chi connectivity index (χ0n) is 13.4. The maximum atomic E-state index is 12.2. The summed E-state index contributed by atoms with van der Waals surface area (Å²) in [6.45, 7) is 13.4. The maximum Gasteiger partial charge on any atom is 0.226 e. The molecule has 1 aliphatic rings. The second-order valence-electron chi connectivity index (χ2n) is 4.64. The van der Waals surface area contributed by atoms with Crippen LogP contribution in [0.25, 0.3) is 0 Å². The minimum absolute atomic E-state index is 0.195. The third-order valence-electron chi connectivity index (χ3n) is 3.54. The lowest BCUT2D eigenvalue weighted by Gasteiger charge is -2.34. The van der Waals surface area contributed by atoms with Crippen molar-refractivity contribution < 1.29 is 9.53 Å². The topological polar surface area (TPSA) is 32.8 Å². The standard InChI is InChI=1S/C13H26N2O2.C2H6/c1-4-15(5-2)13(16)12-7-6-8-14(11-12)9-10-17-3;1-2/h12H,4-11H2,1-3H3;1-2H3. The number of piperidine rings is 1. The summed E-state index contributed by atoms with van der Waals surface area (Å²) < 4.78 is 5.09. The van der Waals surface area contributed by atoms with E-state index in [1.54, 1.807) is 7.11 Å². The van der Waals surface area contributed by atoms with Gasteiger partial charge in [-0.15, -0.1) is 0 Å². The van der Waals surface area contributed by atoms with E-state index >= 15 is 0 Å². The van der Waals surface area contributed by atoms with Crippen LogP contribution >= 0.6 is 0 Å². The molecule has 19 heavy (non-hydrogen) atoms. The van der Waals surface area contributed by atoms with E-state index < -0.39 is 0 Å². The lowest BCUT2D eigenvalue weighted by molar-refractivity contribution is -0.137. The Hall–Kier alpha value is -0.610. The SMILES string of the molecule is CC.CCN(CC)C(=O)C1CCCN(CCOC)C1. The summed E-state index contributed by atoms with van der Waals surface area (Å²) in [5, 5.41) is 0. The number of methoxy groups -OCH3 is 1. The number of hydrogen-bond acceptors (Lipinski definition) is 3. The quantitative estimate of drug-likeness (QED) is 0.743. The fourth-order valence-electron chi connectivity index (χ4n) is 2.47. The van der Waals surface area contributed by atoms with Crippen molar-refractivity contribution >= 4 is 5.91 Å². The molecule has 1 heterocycles. The van der Waals surface area contributed by atoms with E-state index in [9.17, 15) is 4.79 Å². The van der Waals surface area contributed by atoms with E-state index in [0.717, 1.165) is 52.2 Å². The summed E-state index contributed by atoms with van der Waals surface area (Å²) in [6.07, 6.45) is 2.17. The van der Waals surface area contributed by atoms with Gasteiger partial charge in [0.25, 0.3) is 0 Å². The average molecular weight is 272 g/mol. The molecule has 4 heteroatoms. The number of carbonyl (C=O) groups is 1. The van der Waals surface area contributed by atoms with Gasteiger partial charge < -0.3 is 14.5 Å². The molecule has 114 valence electrons. The van der Waals surface area contributed by atoms with E-state index in [-0.39, 0.29) is 5.92 Å². The molecule has 1 fully saturated rings. The van der Waals surface area contributed by atoms with Gasteiger partial charge in [0.05, 0.1) is 12.5 Å². The van der Waals surface area contributed by atoms with Crippen molar-refractivity contribution in [2.45, 2.75) is 40.5 Å². The molecule has 0 aromatic carbocycles. The van der Waals surface area contributed by atoms with E-state index in [1.807, 2.05) is 32.6 Å². The Kier molecular flexibility index (Phi) is 10.9. The molecule has 1 amide bonds. The molecule has 0 aromatic heterocycles. The molecular formula is C15H32N2O2. The fraction of sp³-hybridized carbons (Fsp3) is 0.933. The molecule has 1 unspecified atom stereocenters. The molecule has 1 saturated heterocycles. The van der Waals surface area contributed by atoms with Crippen molar-refractivity contribution in [3.05, 3.63) is 0 Å². The predicted octanol–water partition coefficient (Wildman–Crippen LogP) is 2.24. The Morgan fingerprint density at radius 1 is 1.32 bits per heavy atom. The lowest BCUT2D eigenvalue weighted by atomic mass is 9.96. The fourth-order valence-corrected chi connectivity index (χ4v) is 2.47. The van der Waals surface area contributed by atoms with Gasteiger partial charge in [0.15, 0.2) is 0 Å². The number of carbonyl (C=O) groups excluding carboxylic acids is 1. The maximum absolute atomic E-state index is 12.2. The van der Waals surface area contributed by atoms with Crippen LogP contribution in [0, 0.1) is 5.92 Å². The molecule has 4 nitrogen and oxygen atoms in total. The summed E-state index contributed by atoms with van der Waals surface area (Å²) in [5.74, 6) is 0.526. The molecule has 0 radical (unpaired) electrons. The highest BCUT2D eigenvalue weighted by molar-refractivity contribution is 5.79. The normalized spacial score (nSPS) is 19.5. The number of amides is 1. The van der Waals surface area contributed by atoms with Gasteiger partial charge in [-0.25, -0.2) is 0 Å². The highest BCUT2D eigenvalue weighted by atomic mass is 16.5. The van der Waals surface area contributed by atoms with Crippen LogP contribution in [0.15, 0.2) is 0 Å². The van der Waals surface area contributed by atoms with Gasteiger partial charge >= 0.3 is 0 Å². The lowest BCUT2D eigenvalue weighted by Crippen LogP contribution is -2.45. The number of ether oxygens (including phenoxy) is 1. The first-order chi connectivity index (χ1) is 9.22. The van der Waals surface area contributed by atoms with Crippen LogP contribution in [-0.2, 0) is 9.53 Å². The van der Waals surface area contributed by atoms with Crippen molar-refractivity contribution in [2.24, 2.45) is 5.92 Å². The van der Waals surface area contributed by atoms with Gasteiger partial charge in [-0.05, 0) is 33.2 Å². The van der Waals surface area contributed by atoms with Crippen molar-refractivity contribution in [2.75, 3.05) is 46.4 Å². The van der Waals surface area contributed by atoms with Crippen LogP contribution in [0.3, 0.4) is 0 Å². The Morgan fingerprint density at radius 3 is 2.47 bits per heavy atom. The van der Waals surface area contributed by atoms with Gasteiger partial charge in [-0.3, -0.25) is 4.79 Å². The van der Waals surface area contributed by atoms with Crippen molar-refractivity contribution in [1.29, 1.82) is 0 Å². The third-order valence-corrected chi connectivity index (χ3v) is 3.54. The zero-order valence-corrected chi connectivity index (χ0v) is 13.4. The molecule has 0 bridgehead atoms. The molecule has 0 spiro atoms. The van der Waals surface area contributed by atoms with E-state index in [1.165, 1.54) is 0 Å². The van der Waals surface area contributed by atoms with Gasteiger partial charge in [0.1, 0.15) is 0 Å². The molecule has 0 aliphatic carbocycles. The Labute approximate surface area is 119 Å². The Balaban J connectivity index is 0.00000154. The molecule has 0 saturated carbocycles. The first kappa shape index (κ1) is 18.4. The summed E-state index contributed by atoms with van der Waals surface area (Å²) in [4.78, 5) is 16.5. The number of likely N-dealkylation sites (tertiary alicyclic amines) is 1. The van der Waals surface area contributed by atoms with Crippen LogP contribution in [0.2, 0.25) is 0 Å². The largest absolute Gasteiger partial charge is 0.383 e. The summed E-state index contributed by atoms with van der Waals surface area (Å²) in [7, 11) is 1.72. The van der Waals surface area contributed by atoms with Crippen LogP contribution in [0.5, 0.6) is 0 Å². The Morgan fingerprint density at radius 2 is 1.95 bits per heavy atom. The number of hydrogen-bond donors (Lipinski definition) is 0. The van der Waals surface area contributed by atoms with Crippen molar-refractivity contribution in [1.82, 2.24) is 9.80 Å². The molecular weight excluding hydrogens is 240 g/mol. The van der Waals surface area contributed by atoms with Gasteiger partial charge in [-0.1, -0.05) is 13.8 Å². The Bertz CT molecular complexity index is 230. The van der Waals surface area contributed by atoms with Crippen LogP contribution in [0.1, 0.15) is 40.5 Å². The minimum atomic E-state index is 0.195. The first-order valence-corrected chi connectivity index (χ1v) is 7.73. The summed E-state index contributed by atoms with van der Waals surface area (Å²) in [5.41, 5.74) is 0. The van der Waals surface area contributed by atoms with Gasteiger partial charge in [-0.2, -0.15) is 0 Å². The first-order valence-electron chi connectivity index (χ1n) is 7.73. The third kappa shape index (κ3) is 6.39. The van der Waals surface area contributed by atoms with E-state index in [0.29, 0.717) is 5.91 Å². The van der Waals surface area contributed by atoms with Crippen molar-refractivity contribution in [3.8, 4) is 0 Å². The molecule has 0 aromatic rings. The smallest absolute Gasteiger partial charge is 0.226 e. The monoisotopic (exact) mass is 272 g/mol. The highest BCUT2D eigenvalue weighted by Gasteiger charge is 2.27. The van der Waals surface area contributed by atoms with Crippen molar-refractivity contribution in [3.63, 3.8) is 0 Å². The second kappa shape index (κ2) is 11.2. The zero-order chi connectivity index (χ0) is 14.7. The van der Waals surface area contributed by atoms with Crippen LogP contribution in [0.4, 0.5) is 0 Å². The second-order valence-corrected chi connectivity index (χ2v) is 4.64. The average Bonchev–Trinajstić information content (AvgIpc) is 2.48. The summed E-state index contributed by atoms with van der Waals surface area (Å²) in [6, 6.07) is 0. The van der Waals surface area contributed by atoms with Crippen LogP contribution in [-0.4, -0.2) is 62.1 Å². The molecule has 1 atom stereocenters. The van der Waals surface area contributed by atoms with Gasteiger partial charge in [0, 0.05) is 33.3 Å². The minimum Gasteiger partial charge on any atom is -0.383 e. The molecule has 1 aliphatic heterocycles. The summed E-state index contributed by atoms with van der Waals surface area (Å²) >= 11 is 0. The number of nitrogens with zero attached hydrogens (tertiary/aromatic N) is 2. The molecule has 1 rings (SSSR count). The highest BCUT2D eigenvalue weighted by Crippen LogP contribution is 2.18. The molecule has 0 N–H and O–H groups in total. The number of rotatable bonds is 6.